The van der Waals surface area contributed by atoms with Crippen LogP contribution in [-0.4, -0.2) is 18.1 Å². The molecule has 29 heavy (non-hydrogen) atoms. The van der Waals surface area contributed by atoms with E-state index in [1.807, 2.05) is 36.4 Å². The monoisotopic (exact) mass is 470 g/mol. The Morgan fingerprint density at radius 2 is 1.76 bits per heavy atom. The standard InChI is InChI=1S/C22H19BrN2O3S/c1-27-20-12-9-17(13-19(20)23)24-22(29)25-21(26)16-7-10-18(11-8-16)28-14-15-5-3-2-4-6-15/h2-13H,14H2,1H3,(H2,24,25,26,29). The Morgan fingerprint density at radius 3 is 2.41 bits per heavy atom. The molecule has 0 aromatic heterocycles. The number of carbonyl (C=O) groups is 1. The maximum Gasteiger partial charge on any atom is 0.257 e. The van der Waals surface area contributed by atoms with Crippen molar-refractivity contribution in [2.45, 2.75) is 6.61 Å². The lowest BCUT2D eigenvalue weighted by Gasteiger charge is -2.11. The molecular formula is C22H19BrN2O3S. The molecule has 5 nitrogen and oxygen atoms in total. The van der Waals surface area contributed by atoms with E-state index in [1.165, 1.54) is 0 Å². The van der Waals surface area contributed by atoms with Gasteiger partial charge in [-0.25, -0.2) is 0 Å². The van der Waals surface area contributed by atoms with Crippen LogP contribution in [0.15, 0.2) is 77.3 Å². The lowest BCUT2D eigenvalue weighted by Crippen LogP contribution is -2.34. The zero-order valence-electron chi connectivity index (χ0n) is 15.6. The quantitative estimate of drug-likeness (QED) is 0.487. The minimum atomic E-state index is -0.301. The number of hydrogen-bond donors (Lipinski definition) is 2. The summed E-state index contributed by atoms with van der Waals surface area (Å²) in [5.41, 5.74) is 2.29. The second-order valence-electron chi connectivity index (χ2n) is 6.06. The molecule has 3 aromatic carbocycles. The lowest BCUT2D eigenvalue weighted by molar-refractivity contribution is 0.0977. The van der Waals surface area contributed by atoms with Gasteiger partial charge in [0.2, 0.25) is 0 Å². The SMILES string of the molecule is COc1ccc(NC(=S)NC(=O)c2ccc(OCc3ccccc3)cc2)cc1Br. The van der Waals surface area contributed by atoms with Gasteiger partial charge in [-0.05, 0) is 76.2 Å². The number of halogens is 1. The molecular weight excluding hydrogens is 452 g/mol. The number of amides is 1. The maximum atomic E-state index is 12.4. The summed E-state index contributed by atoms with van der Waals surface area (Å²) in [5, 5.41) is 5.84. The first-order chi connectivity index (χ1) is 14.0. The van der Waals surface area contributed by atoms with Gasteiger partial charge in [-0.3, -0.25) is 10.1 Å². The fourth-order valence-corrected chi connectivity index (χ4v) is 3.28. The summed E-state index contributed by atoms with van der Waals surface area (Å²) in [6.07, 6.45) is 0. The zero-order chi connectivity index (χ0) is 20.6. The van der Waals surface area contributed by atoms with Crippen LogP contribution in [0, 0.1) is 0 Å². The van der Waals surface area contributed by atoms with Gasteiger partial charge in [-0.15, -0.1) is 0 Å². The van der Waals surface area contributed by atoms with Crippen LogP contribution in [0.2, 0.25) is 0 Å². The van der Waals surface area contributed by atoms with Gasteiger partial charge < -0.3 is 14.8 Å². The average molecular weight is 471 g/mol. The Labute approximate surface area is 183 Å². The summed E-state index contributed by atoms with van der Waals surface area (Å²) in [7, 11) is 1.59. The third kappa shape index (κ3) is 6.04. The van der Waals surface area contributed by atoms with Gasteiger partial charge in [0.15, 0.2) is 5.11 Å². The van der Waals surface area contributed by atoms with Crippen LogP contribution in [0.4, 0.5) is 5.69 Å². The summed E-state index contributed by atoms with van der Waals surface area (Å²) in [6.45, 7) is 0.470. The molecule has 0 radical (unpaired) electrons. The molecule has 3 rings (SSSR count). The van der Waals surface area contributed by atoms with E-state index >= 15 is 0 Å². The van der Waals surface area contributed by atoms with E-state index in [2.05, 4.69) is 26.6 Å². The molecule has 0 aliphatic carbocycles. The molecule has 3 aromatic rings. The summed E-state index contributed by atoms with van der Waals surface area (Å²) in [5.74, 6) is 1.10. The molecule has 0 saturated carbocycles. The summed E-state index contributed by atoms with van der Waals surface area (Å²) < 4.78 is 11.7. The van der Waals surface area contributed by atoms with Crippen molar-refractivity contribution < 1.29 is 14.3 Å². The van der Waals surface area contributed by atoms with Crippen molar-refractivity contribution in [1.29, 1.82) is 0 Å². The van der Waals surface area contributed by atoms with Gasteiger partial charge >= 0.3 is 0 Å². The van der Waals surface area contributed by atoms with Crippen LogP contribution in [0.5, 0.6) is 11.5 Å². The molecule has 2 N–H and O–H groups in total. The second-order valence-corrected chi connectivity index (χ2v) is 7.32. The zero-order valence-corrected chi connectivity index (χ0v) is 18.0. The van der Waals surface area contributed by atoms with Gasteiger partial charge in [0.1, 0.15) is 18.1 Å². The molecule has 0 fully saturated rings. The topological polar surface area (TPSA) is 59.6 Å². The number of rotatable bonds is 6. The van der Waals surface area contributed by atoms with Gasteiger partial charge in [-0.1, -0.05) is 30.3 Å². The summed E-state index contributed by atoms with van der Waals surface area (Å²) >= 11 is 8.64. The molecule has 0 unspecified atom stereocenters. The first-order valence-electron chi connectivity index (χ1n) is 8.78. The van der Waals surface area contributed by atoms with Crippen molar-refractivity contribution in [3.63, 3.8) is 0 Å². The first kappa shape index (κ1) is 20.8. The lowest BCUT2D eigenvalue weighted by atomic mass is 10.2. The van der Waals surface area contributed by atoms with Crippen LogP contribution in [-0.2, 0) is 6.61 Å². The van der Waals surface area contributed by atoms with Crippen LogP contribution >= 0.6 is 28.1 Å². The summed E-state index contributed by atoms with van der Waals surface area (Å²) in [6, 6.07) is 22.2. The van der Waals surface area contributed by atoms with Gasteiger partial charge in [-0.2, -0.15) is 0 Å². The molecule has 0 heterocycles. The van der Waals surface area contributed by atoms with Crippen molar-refractivity contribution in [1.82, 2.24) is 5.32 Å². The number of carbonyl (C=O) groups excluding carboxylic acids is 1. The van der Waals surface area contributed by atoms with Crippen molar-refractivity contribution >= 4 is 44.9 Å². The van der Waals surface area contributed by atoms with E-state index in [9.17, 15) is 4.79 Å². The van der Waals surface area contributed by atoms with Gasteiger partial charge in [0.25, 0.3) is 5.91 Å². The van der Waals surface area contributed by atoms with Crippen molar-refractivity contribution in [3.8, 4) is 11.5 Å². The second kappa shape index (κ2) is 10.0. The Morgan fingerprint density at radius 1 is 1.03 bits per heavy atom. The third-order valence-electron chi connectivity index (χ3n) is 4.00. The number of thiocarbonyl (C=S) groups is 1. The van der Waals surface area contributed by atoms with E-state index in [-0.39, 0.29) is 11.0 Å². The Bertz CT molecular complexity index is 995. The predicted octanol–water partition coefficient (Wildman–Crippen LogP) is 5.16. The highest BCUT2D eigenvalue weighted by molar-refractivity contribution is 9.10. The number of nitrogens with one attached hydrogen (secondary N) is 2. The number of anilines is 1. The molecule has 0 aliphatic rings. The fourth-order valence-electron chi connectivity index (χ4n) is 2.53. The van der Waals surface area contributed by atoms with E-state index < -0.39 is 0 Å². The van der Waals surface area contributed by atoms with Gasteiger partial charge in [0.05, 0.1) is 11.6 Å². The number of benzene rings is 3. The van der Waals surface area contributed by atoms with Gasteiger partial charge in [0, 0.05) is 11.3 Å². The minimum absolute atomic E-state index is 0.205. The van der Waals surface area contributed by atoms with Crippen molar-refractivity contribution in [3.05, 3.63) is 88.4 Å². The molecule has 0 atom stereocenters. The Kier molecular flexibility index (Phi) is 7.21. The number of methoxy groups -OCH3 is 1. The van der Waals surface area contributed by atoms with E-state index in [0.29, 0.717) is 23.7 Å². The average Bonchev–Trinajstić information content (AvgIpc) is 2.73. The Balaban J connectivity index is 1.53. The van der Waals surface area contributed by atoms with E-state index in [1.54, 1.807) is 43.5 Å². The first-order valence-corrected chi connectivity index (χ1v) is 9.98. The van der Waals surface area contributed by atoms with Crippen LogP contribution in [0.1, 0.15) is 15.9 Å². The smallest absolute Gasteiger partial charge is 0.257 e. The highest BCUT2D eigenvalue weighted by Crippen LogP contribution is 2.27. The third-order valence-corrected chi connectivity index (χ3v) is 4.83. The van der Waals surface area contributed by atoms with Crippen LogP contribution in [0.3, 0.4) is 0 Å². The molecule has 0 spiro atoms. The molecule has 148 valence electrons. The Hall–Kier alpha value is -2.90. The molecule has 0 saturated heterocycles. The maximum absolute atomic E-state index is 12.4. The normalized spacial score (nSPS) is 10.1. The van der Waals surface area contributed by atoms with Crippen molar-refractivity contribution in [2.75, 3.05) is 12.4 Å². The predicted molar refractivity (Wildman–Crippen MR) is 122 cm³/mol. The summed E-state index contributed by atoms with van der Waals surface area (Å²) in [4.78, 5) is 12.4. The molecule has 0 aliphatic heterocycles. The number of hydrogen-bond acceptors (Lipinski definition) is 4. The minimum Gasteiger partial charge on any atom is -0.496 e. The fraction of sp³-hybridized carbons (Fsp3) is 0.0909. The van der Waals surface area contributed by atoms with Crippen LogP contribution < -0.4 is 20.1 Å². The molecule has 1 amide bonds. The molecule has 0 bridgehead atoms. The number of ether oxygens (including phenoxy) is 2. The molecule has 7 heteroatoms. The highest BCUT2D eigenvalue weighted by atomic mass is 79.9. The largest absolute Gasteiger partial charge is 0.496 e. The van der Waals surface area contributed by atoms with Crippen molar-refractivity contribution in [2.24, 2.45) is 0 Å². The highest BCUT2D eigenvalue weighted by Gasteiger charge is 2.09. The van der Waals surface area contributed by atoms with E-state index in [0.717, 1.165) is 15.7 Å². The van der Waals surface area contributed by atoms with E-state index in [4.69, 9.17) is 21.7 Å². The van der Waals surface area contributed by atoms with Crippen LogP contribution in [0.25, 0.3) is 0 Å².